The molecule has 0 aromatic carbocycles. The van der Waals surface area contributed by atoms with Gasteiger partial charge in [-0.15, -0.1) is 0 Å². The van der Waals surface area contributed by atoms with Crippen LogP contribution in [-0.4, -0.2) is 16.9 Å². The molecule has 4 saturated carbocycles. The SMILES string of the molecule is CC[C@H]1C(=O)C2C3CC[C@H]([C@H](C)CCC(=O)O)[C@@]3(C)CCC2[C@@]2(C)CC[C@@H](C)C[C@@H]12. The molecule has 0 saturated heterocycles. The molecule has 0 aliphatic heterocycles. The molecule has 3 nitrogen and oxygen atoms in total. The van der Waals surface area contributed by atoms with E-state index >= 15 is 0 Å². The number of carboxylic acid groups (broad SMARTS) is 1. The van der Waals surface area contributed by atoms with E-state index in [1.807, 2.05) is 0 Å². The van der Waals surface area contributed by atoms with Crippen molar-refractivity contribution in [2.45, 2.75) is 98.8 Å². The molecule has 10 atom stereocenters. The number of Topliss-reactive ketones (excluding diaryl/α,β-unsaturated/α-hetero) is 1. The summed E-state index contributed by atoms with van der Waals surface area (Å²) in [5.74, 6) is 3.95. The first-order valence-electron chi connectivity index (χ1n) is 12.9. The number of fused-ring (bicyclic) bond motifs is 5. The minimum Gasteiger partial charge on any atom is -0.481 e. The molecular formula is C27H44O3. The van der Waals surface area contributed by atoms with Gasteiger partial charge in [0.2, 0.25) is 0 Å². The minimum absolute atomic E-state index is 0.220. The summed E-state index contributed by atoms with van der Waals surface area (Å²) >= 11 is 0. The Morgan fingerprint density at radius 2 is 1.73 bits per heavy atom. The van der Waals surface area contributed by atoms with Gasteiger partial charge in [-0.05, 0) is 97.7 Å². The van der Waals surface area contributed by atoms with E-state index in [0.717, 1.165) is 18.8 Å². The van der Waals surface area contributed by atoms with Crippen LogP contribution in [0.25, 0.3) is 0 Å². The maximum absolute atomic E-state index is 14.0. The predicted octanol–water partition coefficient (Wildman–Crippen LogP) is 6.60. The van der Waals surface area contributed by atoms with Crippen LogP contribution in [0.5, 0.6) is 0 Å². The van der Waals surface area contributed by atoms with Gasteiger partial charge >= 0.3 is 5.97 Å². The van der Waals surface area contributed by atoms with E-state index < -0.39 is 5.97 Å². The van der Waals surface area contributed by atoms with E-state index in [2.05, 4.69) is 34.6 Å². The third-order valence-corrected chi connectivity index (χ3v) is 11.0. The Morgan fingerprint density at radius 1 is 1.07 bits per heavy atom. The van der Waals surface area contributed by atoms with Crippen LogP contribution in [0.1, 0.15) is 98.8 Å². The molecule has 3 unspecified atom stereocenters. The summed E-state index contributed by atoms with van der Waals surface area (Å²) in [6, 6.07) is 0. The fourth-order valence-electron chi connectivity index (χ4n) is 9.38. The van der Waals surface area contributed by atoms with Gasteiger partial charge in [0.25, 0.3) is 0 Å². The highest BCUT2D eigenvalue weighted by Crippen LogP contribution is 2.69. The summed E-state index contributed by atoms with van der Waals surface area (Å²) in [5, 5.41) is 9.16. The van der Waals surface area contributed by atoms with Gasteiger partial charge < -0.3 is 5.11 Å². The van der Waals surface area contributed by atoms with Gasteiger partial charge in [0.05, 0.1) is 0 Å². The summed E-state index contributed by atoms with van der Waals surface area (Å²) in [6.45, 7) is 11.9. The van der Waals surface area contributed by atoms with Crippen molar-refractivity contribution in [3.8, 4) is 0 Å². The highest BCUT2D eigenvalue weighted by molar-refractivity contribution is 5.86. The summed E-state index contributed by atoms with van der Waals surface area (Å²) in [5.41, 5.74) is 0.568. The van der Waals surface area contributed by atoms with Crippen LogP contribution >= 0.6 is 0 Å². The Kier molecular flexibility index (Phi) is 5.90. The van der Waals surface area contributed by atoms with E-state index in [0.29, 0.717) is 40.8 Å². The topological polar surface area (TPSA) is 54.4 Å². The van der Waals surface area contributed by atoms with Crippen LogP contribution in [-0.2, 0) is 9.59 Å². The first-order valence-corrected chi connectivity index (χ1v) is 12.9. The maximum Gasteiger partial charge on any atom is 0.303 e. The molecule has 170 valence electrons. The molecule has 30 heavy (non-hydrogen) atoms. The first kappa shape index (κ1) is 22.3. The van der Waals surface area contributed by atoms with Gasteiger partial charge in [-0.1, -0.05) is 41.0 Å². The highest BCUT2D eigenvalue weighted by Gasteiger charge is 2.64. The van der Waals surface area contributed by atoms with Crippen molar-refractivity contribution in [2.75, 3.05) is 0 Å². The van der Waals surface area contributed by atoms with E-state index in [4.69, 9.17) is 5.11 Å². The number of carbonyl (C=O) groups is 2. The lowest BCUT2D eigenvalue weighted by molar-refractivity contribution is -0.170. The molecule has 3 heteroatoms. The van der Waals surface area contributed by atoms with Crippen LogP contribution in [0.4, 0.5) is 0 Å². The quantitative estimate of drug-likeness (QED) is 0.549. The summed E-state index contributed by atoms with van der Waals surface area (Å²) in [4.78, 5) is 25.1. The zero-order chi connectivity index (χ0) is 21.8. The van der Waals surface area contributed by atoms with E-state index in [1.165, 1.54) is 44.9 Å². The fraction of sp³-hybridized carbons (Fsp3) is 0.926. The van der Waals surface area contributed by atoms with Gasteiger partial charge in [-0.25, -0.2) is 0 Å². The standard InChI is InChI=1S/C27H44O3/c1-6-18-22-15-16(2)11-13-27(22,5)21-12-14-26(4)19(17(3)7-10-23(28)29)8-9-20(26)24(21)25(18)30/h16-22,24H,6-15H2,1-5H3,(H,28,29)/t16-,17-,18-,19-,20?,21?,22+,24?,26-,27-/m1/s1. The molecule has 0 radical (unpaired) electrons. The molecule has 1 N–H and O–H groups in total. The van der Waals surface area contributed by atoms with Gasteiger partial charge in [-0.2, -0.15) is 0 Å². The van der Waals surface area contributed by atoms with E-state index in [-0.39, 0.29) is 23.7 Å². The fourth-order valence-corrected chi connectivity index (χ4v) is 9.38. The number of hydrogen-bond acceptors (Lipinski definition) is 2. The van der Waals surface area contributed by atoms with Crippen molar-refractivity contribution in [2.24, 2.45) is 58.2 Å². The molecule has 0 aromatic rings. The average molecular weight is 417 g/mol. The number of carbonyl (C=O) groups excluding carboxylic acids is 1. The van der Waals surface area contributed by atoms with Crippen LogP contribution in [0.3, 0.4) is 0 Å². The molecular weight excluding hydrogens is 372 g/mol. The number of hydrogen-bond donors (Lipinski definition) is 1. The van der Waals surface area contributed by atoms with Crippen molar-refractivity contribution in [3.63, 3.8) is 0 Å². The average Bonchev–Trinajstić information content (AvgIpc) is 3.05. The van der Waals surface area contributed by atoms with Gasteiger partial charge in [0.15, 0.2) is 0 Å². The largest absolute Gasteiger partial charge is 0.481 e. The molecule has 0 amide bonds. The van der Waals surface area contributed by atoms with Crippen LogP contribution in [0.2, 0.25) is 0 Å². The Bertz CT molecular complexity index is 686. The normalized spacial score (nSPS) is 49.1. The second kappa shape index (κ2) is 7.93. The Hall–Kier alpha value is -0.860. The lowest BCUT2D eigenvalue weighted by atomic mass is 9.41. The van der Waals surface area contributed by atoms with Crippen molar-refractivity contribution in [1.29, 1.82) is 0 Å². The van der Waals surface area contributed by atoms with Crippen molar-refractivity contribution >= 4 is 11.8 Å². The number of rotatable bonds is 5. The van der Waals surface area contributed by atoms with Crippen LogP contribution in [0.15, 0.2) is 0 Å². The zero-order valence-corrected chi connectivity index (χ0v) is 20.0. The minimum atomic E-state index is -0.677. The number of aliphatic carboxylic acids is 1. The van der Waals surface area contributed by atoms with Crippen molar-refractivity contribution in [3.05, 3.63) is 0 Å². The van der Waals surface area contributed by atoms with Crippen molar-refractivity contribution in [1.82, 2.24) is 0 Å². The molecule has 0 bridgehead atoms. The Morgan fingerprint density at radius 3 is 2.40 bits per heavy atom. The van der Waals surface area contributed by atoms with Crippen LogP contribution < -0.4 is 0 Å². The molecule has 0 aromatic heterocycles. The van der Waals surface area contributed by atoms with Gasteiger partial charge in [-0.3, -0.25) is 9.59 Å². The Balaban J connectivity index is 1.62. The summed E-state index contributed by atoms with van der Waals surface area (Å²) in [7, 11) is 0. The predicted molar refractivity (Wildman–Crippen MR) is 120 cm³/mol. The third kappa shape index (κ3) is 3.28. The van der Waals surface area contributed by atoms with Gasteiger partial charge in [0, 0.05) is 18.3 Å². The second-order valence-electron chi connectivity index (χ2n) is 12.3. The van der Waals surface area contributed by atoms with E-state index in [1.54, 1.807) is 0 Å². The summed E-state index contributed by atoms with van der Waals surface area (Å²) < 4.78 is 0. The molecule has 4 fully saturated rings. The number of ketones is 1. The molecule has 4 aliphatic rings. The highest BCUT2D eigenvalue weighted by atomic mass is 16.4. The maximum atomic E-state index is 14.0. The summed E-state index contributed by atoms with van der Waals surface area (Å²) in [6.07, 6.45) is 10.8. The molecule has 4 aliphatic carbocycles. The lowest BCUT2D eigenvalue weighted by Crippen LogP contribution is -2.60. The van der Waals surface area contributed by atoms with Crippen LogP contribution in [0, 0.1) is 58.2 Å². The molecule has 0 heterocycles. The smallest absolute Gasteiger partial charge is 0.303 e. The number of carboxylic acids is 1. The Labute approximate surface area is 183 Å². The monoisotopic (exact) mass is 416 g/mol. The molecule has 0 spiro atoms. The second-order valence-corrected chi connectivity index (χ2v) is 12.3. The van der Waals surface area contributed by atoms with E-state index in [9.17, 15) is 9.59 Å². The zero-order valence-electron chi connectivity index (χ0n) is 20.0. The first-order chi connectivity index (χ1) is 14.1. The third-order valence-electron chi connectivity index (χ3n) is 11.0. The lowest BCUT2D eigenvalue weighted by Gasteiger charge is -2.62. The molecule has 4 rings (SSSR count). The van der Waals surface area contributed by atoms with Crippen molar-refractivity contribution < 1.29 is 14.7 Å². The van der Waals surface area contributed by atoms with Gasteiger partial charge in [0.1, 0.15) is 5.78 Å².